The van der Waals surface area contributed by atoms with Crippen LogP contribution in [0.15, 0.2) is 22.7 Å². The second-order valence-corrected chi connectivity index (χ2v) is 8.10. The van der Waals surface area contributed by atoms with E-state index in [-0.39, 0.29) is 6.10 Å². The number of hydrogen-bond donors (Lipinski definition) is 0. The molecular weight excluding hydrogens is 386 g/mol. The highest BCUT2D eigenvalue weighted by atomic mass is 16.6. The van der Waals surface area contributed by atoms with Gasteiger partial charge in [0, 0.05) is 38.4 Å². The molecule has 30 heavy (non-hydrogen) atoms. The Kier molecular flexibility index (Phi) is 5.62. The molecule has 5 rings (SSSR count). The normalized spacial score (nSPS) is 23.6. The van der Waals surface area contributed by atoms with Gasteiger partial charge in [0.1, 0.15) is 24.9 Å². The van der Waals surface area contributed by atoms with Gasteiger partial charge in [0.2, 0.25) is 5.82 Å². The lowest BCUT2D eigenvalue weighted by atomic mass is 9.90. The minimum Gasteiger partial charge on any atom is -0.486 e. The van der Waals surface area contributed by atoms with Crippen molar-refractivity contribution in [1.82, 2.24) is 15.0 Å². The van der Waals surface area contributed by atoms with Crippen LogP contribution < -0.4 is 9.47 Å². The summed E-state index contributed by atoms with van der Waals surface area (Å²) >= 11 is 0. The molecule has 0 N–H and O–H groups in total. The van der Waals surface area contributed by atoms with E-state index in [0.717, 1.165) is 69.0 Å². The Balaban J connectivity index is 1.28. The van der Waals surface area contributed by atoms with Gasteiger partial charge >= 0.3 is 0 Å². The Morgan fingerprint density at radius 3 is 2.83 bits per heavy atom. The van der Waals surface area contributed by atoms with Crippen molar-refractivity contribution < 1.29 is 23.5 Å². The quantitative estimate of drug-likeness (QED) is 0.712. The van der Waals surface area contributed by atoms with Crippen LogP contribution in [0.5, 0.6) is 11.5 Å². The number of hydrogen-bond acceptors (Lipinski definition) is 8. The number of nitrogens with zero attached hydrogens (tertiary/aromatic N) is 3. The Hall–Kier alpha value is -2.16. The zero-order chi connectivity index (χ0) is 20.4. The zero-order valence-electron chi connectivity index (χ0n) is 17.5. The first-order chi connectivity index (χ1) is 14.8. The number of benzene rings is 1. The number of likely N-dealkylation sites (tertiary alicyclic amines) is 1. The Morgan fingerprint density at radius 1 is 1.17 bits per heavy atom. The second kappa shape index (κ2) is 8.53. The molecule has 0 aliphatic carbocycles. The first-order valence-corrected chi connectivity index (χ1v) is 11.0. The van der Waals surface area contributed by atoms with E-state index in [1.54, 1.807) is 0 Å². The first-order valence-electron chi connectivity index (χ1n) is 11.0. The third-order valence-electron chi connectivity index (χ3n) is 6.18. The fourth-order valence-electron chi connectivity index (χ4n) is 4.60. The first kappa shape index (κ1) is 19.8. The van der Waals surface area contributed by atoms with Gasteiger partial charge in [0.15, 0.2) is 11.5 Å². The summed E-state index contributed by atoms with van der Waals surface area (Å²) in [6, 6.07) is 6.11. The predicted molar refractivity (Wildman–Crippen MR) is 107 cm³/mol. The van der Waals surface area contributed by atoms with Crippen LogP contribution in [0.3, 0.4) is 0 Å². The lowest BCUT2D eigenvalue weighted by Gasteiger charge is -2.39. The lowest BCUT2D eigenvalue weighted by molar-refractivity contribution is -0.104. The molecule has 1 aromatic carbocycles. The molecule has 0 saturated carbocycles. The van der Waals surface area contributed by atoms with Gasteiger partial charge < -0.3 is 23.5 Å². The third-order valence-corrected chi connectivity index (χ3v) is 6.18. The molecule has 4 heterocycles. The minimum atomic E-state index is -0.523. The van der Waals surface area contributed by atoms with Gasteiger partial charge in [-0.05, 0) is 38.7 Å². The molecular formula is C22H29N3O5. The summed E-state index contributed by atoms with van der Waals surface area (Å²) in [6.07, 6.45) is 3.55. The number of para-hydroxylation sites is 1. The molecule has 3 aliphatic rings. The van der Waals surface area contributed by atoms with E-state index in [4.69, 9.17) is 28.5 Å². The van der Waals surface area contributed by atoms with Crippen molar-refractivity contribution in [1.29, 1.82) is 0 Å². The molecule has 8 heteroatoms. The molecule has 2 aromatic rings. The van der Waals surface area contributed by atoms with E-state index in [0.29, 0.717) is 31.5 Å². The molecule has 0 unspecified atom stereocenters. The number of aromatic nitrogens is 2. The van der Waals surface area contributed by atoms with Gasteiger partial charge in [-0.25, -0.2) is 0 Å². The van der Waals surface area contributed by atoms with Crippen LogP contribution >= 0.6 is 0 Å². The van der Waals surface area contributed by atoms with E-state index in [1.165, 1.54) is 0 Å². The molecule has 162 valence electrons. The summed E-state index contributed by atoms with van der Waals surface area (Å²) in [5, 5.41) is 4.20. The number of ether oxygens (including phenoxy) is 4. The van der Waals surface area contributed by atoms with Crippen LogP contribution in [0.2, 0.25) is 0 Å². The van der Waals surface area contributed by atoms with Crippen molar-refractivity contribution in [3.8, 4) is 11.5 Å². The Labute approximate surface area is 176 Å². The van der Waals surface area contributed by atoms with Crippen molar-refractivity contribution in [2.45, 2.75) is 50.9 Å². The van der Waals surface area contributed by atoms with Crippen LogP contribution in [0.25, 0.3) is 0 Å². The van der Waals surface area contributed by atoms with E-state index < -0.39 is 5.60 Å². The molecule has 1 atom stereocenters. The van der Waals surface area contributed by atoms with Gasteiger partial charge in [0.25, 0.3) is 5.89 Å². The molecule has 0 spiro atoms. The maximum Gasteiger partial charge on any atom is 0.259 e. The van der Waals surface area contributed by atoms with Crippen molar-refractivity contribution >= 4 is 0 Å². The lowest BCUT2D eigenvalue weighted by Crippen LogP contribution is -2.44. The molecule has 0 bridgehead atoms. The van der Waals surface area contributed by atoms with Crippen molar-refractivity contribution in [3.63, 3.8) is 0 Å². The van der Waals surface area contributed by atoms with Gasteiger partial charge in [-0.15, -0.1) is 0 Å². The van der Waals surface area contributed by atoms with Crippen molar-refractivity contribution in [2.75, 3.05) is 39.5 Å². The van der Waals surface area contributed by atoms with Crippen molar-refractivity contribution in [3.05, 3.63) is 35.5 Å². The summed E-state index contributed by atoms with van der Waals surface area (Å²) in [5.74, 6) is 2.95. The highest BCUT2D eigenvalue weighted by Crippen LogP contribution is 2.39. The molecule has 1 aromatic heterocycles. The molecule has 3 aliphatic heterocycles. The number of piperidine rings is 1. The summed E-state index contributed by atoms with van der Waals surface area (Å²) in [4.78, 5) is 7.11. The topological polar surface area (TPSA) is 79.1 Å². The van der Waals surface area contributed by atoms with Crippen LogP contribution in [0.1, 0.15) is 56.0 Å². The van der Waals surface area contributed by atoms with Crippen LogP contribution in [0, 0.1) is 0 Å². The van der Waals surface area contributed by atoms with Crippen molar-refractivity contribution in [2.24, 2.45) is 0 Å². The largest absolute Gasteiger partial charge is 0.486 e. The van der Waals surface area contributed by atoms with Crippen LogP contribution in [-0.4, -0.2) is 54.6 Å². The fraction of sp³-hybridized carbons (Fsp3) is 0.636. The smallest absolute Gasteiger partial charge is 0.259 e. The summed E-state index contributed by atoms with van der Waals surface area (Å²) in [7, 11) is 0. The average molecular weight is 415 g/mol. The van der Waals surface area contributed by atoms with Gasteiger partial charge in [-0.1, -0.05) is 17.3 Å². The maximum absolute atomic E-state index is 6.21. The van der Waals surface area contributed by atoms with E-state index in [2.05, 4.69) is 16.1 Å². The fourth-order valence-corrected chi connectivity index (χ4v) is 4.60. The van der Waals surface area contributed by atoms with Gasteiger partial charge in [0.05, 0.1) is 0 Å². The van der Waals surface area contributed by atoms with E-state index in [9.17, 15) is 0 Å². The number of rotatable bonds is 6. The predicted octanol–water partition coefficient (Wildman–Crippen LogP) is 3.22. The molecule has 2 fully saturated rings. The summed E-state index contributed by atoms with van der Waals surface area (Å²) in [5.41, 5.74) is 0.639. The highest BCUT2D eigenvalue weighted by molar-refractivity contribution is 5.47. The zero-order valence-corrected chi connectivity index (χ0v) is 17.5. The number of fused-ring (bicyclic) bond motifs is 1. The van der Waals surface area contributed by atoms with E-state index in [1.807, 2.05) is 19.1 Å². The van der Waals surface area contributed by atoms with Crippen LogP contribution in [-0.2, 0) is 21.6 Å². The van der Waals surface area contributed by atoms with Gasteiger partial charge in [-0.3, -0.25) is 4.90 Å². The SMILES string of the molecule is CCOC1(c2nc([C@H]3CCCO3)no2)CCN(Cc2cccc3c2OCCO3)CC1. The minimum absolute atomic E-state index is 0.0484. The average Bonchev–Trinajstić information content (AvgIpc) is 3.48. The van der Waals surface area contributed by atoms with Gasteiger partial charge in [-0.2, -0.15) is 4.98 Å². The maximum atomic E-state index is 6.21. The monoisotopic (exact) mass is 415 g/mol. The standard InChI is InChI=1S/C22H29N3O5/c1-2-29-22(21-23-20(24-30-21)18-7-4-12-26-18)8-10-25(11-9-22)15-16-5-3-6-17-19(16)28-14-13-27-17/h3,5-6,18H,2,4,7-15H2,1H3/t18-/m1/s1. The Morgan fingerprint density at radius 2 is 2.03 bits per heavy atom. The highest BCUT2D eigenvalue weighted by Gasteiger charge is 2.43. The Bertz CT molecular complexity index is 856. The van der Waals surface area contributed by atoms with Crippen LogP contribution in [0.4, 0.5) is 0 Å². The molecule has 0 amide bonds. The summed E-state index contributed by atoms with van der Waals surface area (Å²) < 4.78 is 29.2. The second-order valence-electron chi connectivity index (χ2n) is 8.10. The molecule has 2 saturated heterocycles. The molecule has 0 radical (unpaired) electrons. The third kappa shape index (κ3) is 3.79. The summed E-state index contributed by atoms with van der Waals surface area (Å²) in [6.45, 7) is 7.16. The molecule has 8 nitrogen and oxygen atoms in total. The van der Waals surface area contributed by atoms with E-state index >= 15 is 0 Å².